The highest BCUT2D eigenvalue weighted by atomic mass is 32.1. The topological polar surface area (TPSA) is 42.7 Å². The number of nitrogens with zero attached hydrogens (tertiary/aromatic N) is 3. The zero-order valence-corrected chi connectivity index (χ0v) is 8.95. The average molecular weight is 208 g/mol. The summed E-state index contributed by atoms with van der Waals surface area (Å²) in [6, 6.07) is 0.227. The molecular formula is C9H12N4S. The lowest BCUT2D eigenvalue weighted by molar-refractivity contribution is 0.767. The van der Waals surface area contributed by atoms with Crippen LogP contribution >= 0.6 is 11.3 Å². The van der Waals surface area contributed by atoms with Crippen LogP contribution in [0.5, 0.6) is 0 Å². The molecule has 1 unspecified atom stereocenters. The van der Waals surface area contributed by atoms with Crippen molar-refractivity contribution in [2.24, 2.45) is 7.05 Å². The second-order valence-corrected chi connectivity index (χ2v) is 3.90. The third-order valence-electron chi connectivity index (χ3n) is 1.98. The van der Waals surface area contributed by atoms with Crippen LogP contribution in [-0.2, 0) is 7.05 Å². The highest BCUT2D eigenvalue weighted by Gasteiger charge is 2.07. The highest BCUT2D eigenvalue weighted by Crippen LogP contribution is 2.17. The quantitative estimate of drug-likeness (QED) is 0.839. The van der Waals surface area contributed by atoms with E-state index in [1.165, 1.54) is 0 Å². The van der Waals surface area contributed by atoms with Crippen molar-refractivity contribution in [3.05, 3.63) is 29.0 Å². The summed E-state index contributed by atoms with van der Waals surface area (Å²) >= 11 is 1.61. The molecule has 0 saturated heterocycles. The van der Waals surface area contributed by atoms with E-state index < -0.39 is 0 Å². The summed E-state index contributed by atoms with van der Waals surface area (Å²) in [6.07, 6.45) is 3.76. The van der Waals surface area contributed by atoms with Crippen molar-refractivity contribution in [3.63, 3.8) is 0 Å². The number of thiazole rings is 1. The van der Waals surface area contributed by atoms with Crippen LogP contribution in [0.1, 0.15) is 18.7 Å². The Morgan fingerprint density at radius 1 is 1.57 bits per heavy atom. The van der Waals surface area contributed by atoms with Crippen LogP contribution in [0.25, 0.3) is 0 Å². The van der Waals surface area contributed by atoms with Crippen LogP contribution in [0, 0.1) is 0 Å². The van der Waals surface area contributed by atoms with Crippen molar-refractivity contribution in [2.45, 2.75) is 13.0 Å². The zero-order valence-electron chi connectivity index (χ0n) is 8.14. The Hall–Kier alpha value is -1.36. The van der Waals surface area contributed by atoms with Gasteiger partial charge in [-0.15, -0.1) is 11.3 Å². The van der Waals surface area contributed by atoms with E-state index in [4.69, 9.17) is 0 Å². The normalized spacial score (nSPS) is 12.7. The molecule has 0 spiro atoms. The number of anilines is 1. The Bertz CT molecular complexity index is 393. The summed E-state index contributed by atoms with van der Waals surface area (Å²) in [6.45, 7) is 2.09. The van der Waals surface area contributed by atoms with E-state index in [1.54, 1.807) is 16.0 Å². The molecule has 0 saturated carbocycles. The van der Waals surface area contributed by atoms with E-state index in [2.05, 4.69) is 22.3 Å². The Balaban J connectivity index is 2.05. The lowest BCUT2D eigenvalue weighted by Gasteiger charge is -2.10. The fourth-order valence-electron chi connectivity index (χ4n) is 1.26. The summed E-state index contributed by atoms with van der Waals surface area (Å²) in [4.78, 5) is 4.25. The van der Waals surface area contributed by atoms with Crippen LogP contribution in [0.3, 0.4) is 0 Å². The first-order chi connectivity index (χ1) is 6.75. The third-order valence-corrected chi connectivity index (χ3v) is 2.59. The van der Waals surface area contributed by atoms with Gasteiger partial charge in [0.15, 0.2) is 0 Å². The maximum absolute atomic E-state index is 4.25. The van der Waals surface area contributed by atoms with Crippen molar-refractivity contribution >= 4 is 17.0 Å². The zero-order chi connectivity index (χ0) is 9.97. The Morgan fingerprint density at radius 3 is 3.00 bits per heavy atom. The Labute approximate surface area is 86.6 Å². The minimum atomic E-state index is 0.227. The summed E-state index contributed by atoms with van der Waals surface area (Å²) in [7, 11) is 1.90. The van der Waals surface area contributed by atoms with Crippen LogP contribution in [0.2, 0.25) is 0 Å². The van der Waals surface area contributed by atoms with Gasteiger partial charge in [0.05, 0.1) is 29.1 Å². The molecule has 0 aromatic carbocycles. The molecule has 2 aromatic rings. The minimum absolute atomic E-state index is 0.227. The van der Waals surface area contributed by atoms with Crippen LogP contribution in [-0.4, -0.2) is 14.8 Å². The molecule has 4 nitrogen and oxygen atoms in total. The van der Waals surface area contributed by atoms with Gasteiger partial charge in [0.1, 0.15) is 0 Å². The highest BCUT2D eigenvalue weighted by molar-refractivity contribution is 7.07. The molecule has 0 bridgehead atoms. The summed E-state index contributed by atoms with van der Waals surface area (Å²) in [5.74, 6) is 0. The molecular weight excluding hydrogens is 196 g/mol. The first-order valence-corrected chi connectivity index (χ1v) is 5.33. The largest absolute Gasteiger partial charge is 0.374 e. The summed E-state index contributed by atoms with van der Waals surface area (Å²) in [5.41, 5.74) is 3.93. The van der Waals surface area contributed by atoms with Gasteiger partial charge in [-0.25, -0.2) is 4.98 Å². The van der Waals surface area contributed by atoms with E-state index in [0.29, 0.717) is 0 Å². The van der Waals surface area contributed by atoms with Crippen molar-refractivity contribution in [2.75, 3.05) is 5.32 Å². The molecule has 0 radical (unpaired) electrons. The van der Waals surface area contributed by atoms with Gasteiger partial charge in [-0.1, -0.05) is 0 Å². The lowest BCUT2D eigenvalue weighted by Crippen LogP contribution is -2.05. The Kier molecular flexibility index (Phi) is 2.49. The van der Waals surface area contributed by atoms with E-state index in [-0.39, 0.29) is 6.04 Å². The predicted molar refractivity (Wildman–Crippen MR) is 57.4 cm³/mol. The van der Waals surface area contributed by atoms with Crippen molar-refractivity contribution in [3.8, 4) is 0 Å². The standard InChI is InChI=1S/C9H12N4S/c1-7(9-5-14-6-10-9)12-8-3-11-13(2)4-8/h3-7,12H,1-2H3. The molecule has 0 aliphatic carbocycles. The van der Waals surface area contributed by atoms with E-state index in [1.807, 2.05) is 30.3 Å². The van der Waals surface area contributed by atoms with E-state index in [9.17, 15) is 0 Å². The predicted octanol–water partition coefficient (Wildman–Crippen LogP) is 2.05. The lowest BCUT2D eigenvalue weighted by atomic mass is 10.2. The summed E-state index contributed by atoms with van der Waals surface area (Å²) in [5, 5.41) is 9.46. The van der Waals surface area contributed by atoms with Gasteiger partial charge < -0.3 is 5.32 Å². The van der Waals surface area contributed by atoms with Gasteiger partial charge in [-0.2, -0.15) is 5.10 Å². The Morgan fingerprint density at radius 2 is 2.43 bits per heavy atom. The number of aromatic nitrogens is 3. The number of hydrogen-bond acceptors (Lipinski definition) is 4. The van der Waals surface area contributed by atoms with Crippen molar-refractivity contribution in [1.29, 1.82) is 0 Å². The number of nitrogens with one attached hydrogen (secondary N) is 1. The molecule has 74 valence electrons. The van der Waals surface area contributed by atoms with Gasteiger partial charge >= 0.3 is 0 Å². The first kappa shape index (κ1) is 9.21. The van der Waals surface area contributed by atoms with Gasteiger partial charge in [-0.3, -0.25) is 4.68 Å². The molecule has 5 heteroatoms. The van der Waals surface area contributed by atoms with Gasteiger partial charge in [0, 0.05) is 18.6 Å². The molecule has 0 fully saturated rings. The smallest absolute Gasteiger partial charge is 0.0795 e. The monoisotopic (exact) mass is 208 g/mol. The molecule has 0 aliphatic heterocycles. The van der Waals surface area contributed by atoms with Gasteiger partial charge in [0.2, 0.25) is 0 Å². The minimum Gasteiger partial charge on any atom is -0.374 e. The maximum Gasteiger partial charge on any atom is 0.0795 e. The second-order valence-electron chi connectivity index (χ2n) is 3.18. The number of rotatable bonds is 3. The second kappa shape index (κ2) is 3.79. The van der Waals surface area contributed by atoms with Crippen LogP contribution in [0.4, 0.5) is 5.69 Å². The van der Waals surface area contributed by atoms with E-state index in [0.717, 1.165) is 11.4 Å². The average Bonchev–Trinajstić information content (AvgIpc) is 2.75. The maximum atomic E-state index is 4.25. The molecule has 14 heavy (non-hydrogen) atoms. The molecule has 2 rings (SSSR count). The van der Waals surface area contributed by atoms with Gasteiger partial charge in [-0.05, 0) is 6.92 Å². The molecule has 0 aliphatic rings. The van der Waals surface area contributed by atoms with Crippen molar-refractivity contribution in [1.82, 2.24) is 14.8 Å². The van der Waals surface area contributed by atoms with Crippen LogP contribution in [0.15, 0.2) is 23.3 Å². The number of hydrogen-bond donors (Lipinski definition) is 1. The molecule has 2 heterocycles. The fourth-order valence-corrected chi connectivity index (χ4v) is 1.90. The first-order valence-electron chi connectivity index (χ1n) is 4.39. The SMILES string of the molecule is CC(Nc1cnn(C)c1)c1cscn1. The molecule has 1 atom stereocenters. The molecule has 0 amide bonds. The molecule has 1 N–H and O–H groups in total. The summed E-state index contributed by atoms with van der Waals surface area (Å²) < 4.78 is 1.77. The fraction of sp³-hybridized carbons (Fsp3) is 0.333. The van der Waals surface area contributed by atoms with Crippen LogP contribution < -0.4 is 5.32 Å². The molecule has 2 aromatic heterocycles. The van der Waals surface area contributed by atoms with Gasteiger partial charge in [0.25, 0.3) is 0 Å². The number of aryl methyl sites for hydroxylation is 1. The third kappa shape index (κ3) is 1.93. The van der Waals surface area contributed by atoms with Crippen molar-refractivity contribution < 1.29 is 0 Å². The van der Waals surface area contributed by atoms with E-state index >= 15 is 0 Å².